The van der Waals surface area contributed by atoms with Gasteiger partial charge in [-0.25, -0.2) is 14.6 Å². The highest BCUT2D eigenvalue weighted by Crippen LogP contribution is 2.16. The third kappa shape index (κ3) is 1.50. The van der Waals surface area contributed by atoms with Gasteiger partial charge in [-0.05, 0) is 23.5 Å². The largest absolute Gasteiger partial charge is 0.465 e. The molecule has 0 unspecified atom stereocenters. The normalized spacial score (nSPS) is 10.9. The van der Waals surface area contributed by atoms with Crippen molar-refractivity contribution in [3.05, 3.63) is 45.6 Å². The average Bonchev–Trinajstić information content (AvgIpc) is 2.76. The summed E-state index contributed by atoms with van der Waals surface area (Å²) in [5.74, 6) is -0.502. The first-order chi connectivity index (χ1) is 8.70. The number of rotatable bonds is 1. The first-order valence-corrected chi connectivity index (χ1v) is 6.07. The maximum absolute atomic E-state index is 12.0. The Morgan fingerprint density at radius 2 is 2.17 bits per heavy atom. The van der Waals surface area contributed by atoms with Crippen LogP contribution < -0.4 is 10.5 Å². The predicted octanol–water partition coefficient (Wildman–Crippen LogP) is 1.11. The molecule has 0 spiro atoms. The molecule has 6 heteroatoms. The van der Waals surface area contributed by atoms with Gasteiger partial charge in [0.2, 0.25) is 0 Å². The summed E-state index contributed by atoms with van der Waals surface area (Å²) in [5, 5.41) is 0. The molecule has 0 saturated heterocycles. The van der Waals surface area contributed by atoms with Crippen LogP contribution in [-0.2, 0) is 4.74 Å². The number of hydrogen-bond acceptors (Lipinski definition) is 4. The Balaban J connectivity index is 2.42. The second-order valence-electron chi connectivity index (χ2n) is 3.72. The Morgan fingerprint density at radius 3 is 2.94 bits per heavy atom. The van der Waals surface area contributed by atoms with E-state index in [9.17, 15) is 9.59 Å². The van der Waals surface area contributed by atoms with Crippen LogP contribution in [0.1, 0.15) is 9.67 Å². The number of hydrogen-bond donors (Lipinski definition) is 0. The first kappa shape index (κ1) is 10.9. The monoisotopic (exact) mass is 261 g/mol. The Labute approximate surface area is 105 Å². The maximum atomic E-state index is 12.0. The van der Waals surface area contributed by atoms with E-state index in [0.29, 0.717) is 4.96 Å². The Morgan fingerprint density at radius 1 is 1.39 bits per heavy atom. The van der Waals surface area contributed by atoms with Crippen molar-refractivity contribution in [2.75, 3.05) is 7.11 Å². The van der Waals surface area contributed by atoms with Gasteiger partial charge in [-0.1, -0.05) is 12.1 Å². The van der Waals surface area contributed by atoms with E-state index in [0.717, 1.165) is 11.0 Å². The SMILES string of the molecule is COC(=O)c1cc(=O)n2c([nH+]c3ccccc32)s1. The summed E-state index contributed by atoms with van der Waals surface area (Å²) in [5.41, 5.74) is 1.40. The number of fused-ring (bicyclic) bond motifs is 3. The Hall–Kier alpha value is -2.21. The van der Waals surface area contributed by atoms with Gasteiger partial charge < -0.3 is 4.74 Å². The number of nitrogens with zero attached hydrogens (tertiary/aromatic N) is 1. The average molecular weight is 261 g/mol. The molecule has 1 aromatic carbocycles. The molecule has 0 aliphatic rings. The molecular weight excluding hydrogens is 252 g/mol. The summed E-state index contributed by atoms with van der Waals surface area (Å²) >= 11 is 1.19. The summed E-state index contributed by atoms with van der Waals surface area (Å²) in [7, 11) is 1.29. The number of esters is 1. The number of carbonyl (C=O) groups is 1. The highest BCUT2D eigenvalue weighted by molar-refractivity contribution is 7.18. The number of H-pyrrole nitrogens is 1. The van der Waals surface area contributed by atoms with Crippen molar-refractivity contribution in [3.8, 4) is 0 Å². The summed E-state index contributed by atoms with van der Waals surface area (Å²) in [4.78, 5) is 27.5. The van der Waals surface area contributed by atoms with Crippen LogP contribution in [0, 0.1) is 0 Å². The molecule has 0 amide bonds. The number of carbonyl (C=O) groups excluding carboxylic acids is 1. The van der Waals surface area contributed by atoms with E-state index in [4.69, 9.17) is 0 Å². The van der Waals surface area contributed by atoms with Crippen LogP contribution in [-0.4, -0.2) is 17.5 Å². The van der Waals surface area contributed by atoms with E-state index in [2.05, 4.69) is 9.72 Å². The highest BCUT2D eigenvalue weighted by Gasteiger charge is 2.19. The Bertz CT molecular complexity index is 819. The number of ether oxygens (including phenoxy) is 1. The van der Waals surface area contributed by atoms with Crippen molar-refractivity contribution in [3.63, 3.8) is 0 Å². The minimum Gasteiger partial charge on any atom is -0.465 e. The lowest BCUT2D eigenvalue weighted by molar-refractivity contribution is -0.308. The molecule has 0 fully saturated rings. The van der Waals surface area contributed by atoms with E-state index >= 15 is 0 Å². The van der Waals surface area contributed by atoms with Crippen molar-refractivity contribution in [2.45, 2.75) is 0 Å². The molecule has 2 heterocycles. The molecule has 3 rings (SSSR count). The van der Waals surface area contributed by atoms with E-state index in [1.165, 1.54) is 24.5 Å². The molecule has 0 radical (unpaired) electrons. The van der Waals surface area contributed by atoms with Crippen molar-refractivity contribution >= 4 is 33.3 Å². The fourth-order valence-electron chi connectivity index (χ4n) is 1.86. The number of imidazole rings is 1. The minimum absolute atomic E-state index is 0.249. The molecule has 1 N–H and O–H groups in total. The van der Waals surface area contributed by atoms with Gasteiger partial charge in [-0.15, -0.1) is 4.40 Å². The molecule has 0 atom stereocenters. The molecule has 3 aromatic rings. The quantitative estimate of drug-likeness (QED) is 0.617. The number of aromatic nitrogens is 2. The molecule has 5 nitrogen and oxygen atoms in total. The van der Waals surface area contributed by atoms with Crippen LogP contribution in [0.4, 0.5) is 0 Å². The topological polar surface area (TPSA) is 61.9 Å². The van der Waals surface area contributed by atoms with Crippen molar-refractivity contribution < 1.29 is 14.5 Å². The zero-order chi connectivity index (χ0) is 12.7. The second-order valence-corrected chi connectivity index (χ2v) is 4.75. The number of nitrogens with one attached hydrogen (secondary N) is 1. The number of aromatic amines is 1. The number of benzene rings is 1. The standard InChI is InChI=1S/C12H8N2O3S/c1-17-11(16)9-6-10(15)14-8-5-3-2-4-7(8)13-12(14)18-9/h2-6H,1H3/p+1. The molecule has 0 bridgehead atoms. The lowest BCUT2D eigenvalue weighted by Crippen LogP contribution is -2.15. The smallest absolute Gasteiger partial charge is 0.348 e. The van der Waals surface area contributed by atoms with Gasteiger partial charge in [0, 0.05) is 0 Å². The molecule has 0 aliphatic carbocycles. The molecule has 18 heavy (non-hydrogen) atoms. The summed E-state index contributed by atoms with van der Waals surface area (Å²) in [6, 6.07) is 8.77. The van der Waals surface area contributed by atoms with Crippen molar-refractivity contribution in [1.82, 2.24) is 4.40 Å². The van der Waals surface area contributed by atoms with Gasteiger partial charge in [0.05, 0.1) is 13.2 Å². The van der Waals surface area contributed by atoms with E-state index in [1.54, 1.807) is 4.40 Å². The van der Waals surface area contributed by atoms with Crippen LogP contribution in [0.25, 0.3) is 16.0 Å². The minimum atomic E-state index is -0.502. The molecule has 2 aromatic heterocycles. The third-order valence-electron chi connectivity index (χ3n) is 2.66. The van der Waals surface area contributed by atoms with Crippen LogP contribution in [0.15, 0.2) is 35.1 Å². The zero-order valence-electron chi connectivity index (χ0n) is 9.47. The fraction of sp³-hybridized carbons (Fsp3) is 0.0833. The fourth-order valence-corrected chi connectivity index (χ4v) is 2.83. The third-order valence-corrected chi connectivity index (χ3v) is 3.64. The zero-order valence-corrected chi connectivity index (χ0v) is 10.3. The van der Waals surface area contributed by atoms with Gasteiger partial charge in [0.1, 0.15) is 4.88 Å². The molecule has 0 aliphatic heterocycles. The molecule has 0 saturated carbocycles. The van der Waals surface area contributed by atoms with Crippen LogP contribution in [0.5, 0.6) is 0 Å². The first-order valence-electron chi connectivity index (χ1n) is 5.25. The summed E-state index contributed by atoms with van der Waals surface area (Å²) in [6.07, 6.45) is 0. The van der Waals surface area contributed by atoms with E-state index < -0.39 is 5.97 Å². The van der Waals surface area contributed by atoms with Crippen molar-refractivity contribution in [1.29, 1.82) is 0 Å². The van der Waals surface area contributed by atoms with Gasteiger partial charge in [-0.2, -0.15) is 0 Å². The van der Waals surface area contributed by atoms with E-state index in [1.807, 2.05) is 24.3 Å². The molecule has 90 valence electrons. The van der Waals surface area contributed by atoms with Crippen LogP contribution in [0.2, 0.25) is 0 Å². The second kappa shape index (κ2) is 3.92. The van der Waals surface area contributed by atoms with E-state index in [-0.39, 0.29) is 10.4 Å². The van der Waals surface area contributed by atoms with Gasteiger partial charge >= 0.3 is 16.5 Å². The summed E-state index contributed by atoms with van der Waals surface area (Å²) in [6.45, 7) is 0. The maximum Gasteiger partial charge on any atom is 0.348 e. The van der Waals surface area contributed by atoms with Crippen LogP contribution in [0.3, 0.4) is 0 Å². The summed E-state index contributed by atoms with van der Waals surface area (Å²) < 4.78 is 6.17. The van der Waals surface area contributed by atoms with Crippen LogP contribution >= 0.6 is 11.3 Å². The van der Waals surface area contributed by atoms with Gasteiger partial charge in [0.25, 0.3) is 0 Å². The van der Waals surface area contributed by atoms with Gasteiger partial charge in [-0.3, -0.25) is 0 Å². The lowest BCUT2D eigenvalue weighted by Gasteiger charge is -1.94. The Kier molecular flexibility index (Phi) is 2.38. The number of methoxy groups -OCH3 is 1. The predicted molar refractivity (Wildman–Crippen MR) is 66.9 cm³/mol. The highest BCUT2D eigenvalue weighted by atomic mass is 32.1. The van der Waals surface area contributed by atoms with Crippen molar-refractivity contribution in [2.24, 2.45) is 0 Å². The molecular formula is C12H9N2O3S+. The number of para-hydroxylation sites is 2. The van der Waals surface area contributed by atoms with Gasteiger partial charge in [0.15, 0.2) is 11.0 Å². The lowest BCUT2D eigenvalue weighted by atomic mass is 10.3.